The summed E-state index contributed by atoms with van der Waals surface area (Å²) in [5.74, 6) is 0.204. The fourth-order valence-corrected chi connectivity index (χ4v) is 2.50. The number of rotatable bonds is 4. The van der Waals surface area contributed by atoms with Crippen LogP contribution in [-0.2, 0) is 11.3 Å². The van der Waals surface area contributed by atoms with Crippen LogP contribution >= 0.6 is 0 Å². The average molecular weight is 253 g/mol. The number of carboxylic acids is 1. The van der Waals surface area contributed by atoms with Gasteiger partial charge in [-0.3, -0.25) is 4.90 Å². The van der Waals surface area contributed by atoms with Gasteiger partial charge < -0.3 is 14.3 Å². The van der Waals surface area contributed by atoms with Crippen molar-refractivity contribution in [1.29, 1.82) is 0 Å². The molecule has 0 spiro atoms. The highest BCUT2D eigenvalue weighted by Gasteiger charge is 2.28. The summed E-state index contributed by atoms with van der Waals surface area (Å²) in [7, 11) is 2.01. The Morgan fingerprint density at radius 2 is 2.33 bits per heavy atom. The van der Waals surface area contributed by atoms with Gasteiger partial charge in [0, 0.05) is 12.6 Å². The van der Waals surface area contributed by atoms with Crippen molar-refractivity contribution in [2.24, 2.45) is 0 Å². The lowest BCUT2D eigenvalue weighted by molar-refractivity contribution is 0.0695. The van der Waals surface area contributed by atoms with E-state index in [2.05, 4.69) is 11.8 Å². The van der Waals surface area contributed by atoms with Gasteiger partial charge >= 0.3 is 5.97 Å². The molecule has 1 fully saturated rings. The van der Waals surface area contributed by atoms with Crippen LogP contribution in [0.5, 0.6) is 0 Å². The Balaban J connectivity index is 2.05. The van der Waals surface area contributed by atoms with E-state index < -0.39 is 5.97 Å². The summed E-state index contributed by atoms with van der Waals surface area (Å²) in [4.78, 5) is 13.1. The molecule has 5 heteroatoms. The molecule has 5 nitrogen and oxygen atoms in total. The van der Waals surface area contributed by atoms with E-state index >= 15 is 0 Å². The number of nitrogens with zero attached hydrogens (tertiary/aromatic N) is 1. The largest absolute Gasteiger partial charge is 0.478 e. The Morgan fingerprint density at radius 1 is 1.61 bits per heavy atom. The molecule has 1 N–H and O–H groups in total. The Morgan fingerprint density at radius 3 is 2.83 bits per heavy atom. The lowest BCUT2D eigenvalue weighted by Crippen LogP contribution is -2.36. The summed E-state index contributed by atoms with van der Waals surface area (Å²) in [6, 6.07) is 1.97. The van der Waals surface area contributed by atoms with Gasteiger partial charge in [0.25, 0.3) is 0 Å². The average Bonchev–Trinajstić information content (AvgIpc) is 2.84. The zero-order valence-electron chi connectivity index (χ0n) is 11.0. The zero-order chi connectivity index (χ0) is 13.3. The Kier molecular flexibility index (Phi) is 3.73. The first-order valence-corrected chi connectivity index (χ1v) is 6.13. The van der Waals surface area contributed by atoms with Gasteiger partial charge in [-0.05, 0) is 33.4 Å². The third-order valence-electron chi connectivity index (χ3n) is 3.51. The summed E-state index contributed by atoms with van der Waals surface area (Å²) in [6.07, 6.45) is 1.22. The van der Waals surface area contributed by atoms with E-state index in [0.717, 1.165) is 13.0 Å². The molecular formula is C13H19NO4. The minimum absolute atomic E-state index is 0.213. The van der Waals surface area contributed by atoms with Crippen molar-refractivity contribution in [3.05, 3.63) is 23.2 Å². The van der Waals surface area contributed by atoms with Gasteiger partial charge in [-0.2, -0.15) is 0 Å². The van der Waals surface area contributed by atoms with E-state index in [1.165, 1.54) is 0 Å². The molecule has 2 heterocycles. The minimum atomic E-state index is -0.942. The van der Waals surface area contributed by atoms with Crippen LogP contribution in [0.1, 0.15) is 35.2 Å². The smallest absolute Gasteiger partial charge is 0.339 e. The zero-order valence-corrected chi connectivity index (χ0v) is 11.0. The maximum absolute atomic E-state index is 10.9. The normalized spacial score (nSPS) is 23.8. The standard InChI is InChI=1S/C13H19NO4/c1-8-11(13(15)16)6-10(18-8)7-14(3)12-4-5-17-9(12)2/h6,9,12H,4-5,7H2,1-3H3,(H,15,16). The second-order valence-electron chi connectivity index (χ2n) is 4.83. The van der Waals surface area contributed by atoms with Crippen LogP contribution in [0.2, 0.25) is 0 Å². The van der Waals surface area contributed by atoms with Crippen molar-refractivity contribution in [3.63, 3.8) is 0 Å². The predicted octanol–water partition coefficient (Wildman–Crippen LogP) is 1.90. The molecule has 1 aliphatic rings. The summed E-state index contributed by atoms with van der Waals surface area (Å²) < 4.78 is 11.0. The van der Waals surface area contributed by atoms with Crippen molar-refractivity contribution >= 4 is 5.97 Å². The van der Waals surface area contributed by atoms with Crippen molar-refractivity contribution < 1.29 is 19.1 Å². The van der Waals surface area contributed by atoms with Crippen molar-refractivity contribution in [2.45, 2.75) is 39.0 Å². The second-order valence-corrected chi connectivity index (χ2v) is 4.83. The topological polar surface area (TPSA) is 62.9 Å². The first-order valence-electron chi connectivity index (χ1n) is 6.13. The predicted molar refractivity (Wildman–Crippen MR) is 65.7 cm³/mol. The number of carbonyl (C=O) groups is 1. The third-order valence-corrected chi connectivity index (χ3v) is 3.51. The number of likely N-dealkylation sites (N-methyl/N-ethyl adjacent to an activating group) is 1. The Hall–Kier alpha value is -1.33. The fraction of sp³-hybridized carbons (Fsp3) is 0.615. The first-order chi connectivity index (χ1) is 8.49. The number of aryl methyl sites for hydroxylation is 1. The van der Waals surface area contributed by atoms with Gasteiger partial charge in [0.2, 0.25) is 0 Å². The van der Waals surface area contributed by atoms with Gasteiger partial charge in [-0.25, -0.2) is 4.79 Å². The van der Waals surface area contributed by atoms with Crippen LogP contribution in [0.25, 0.3) is 0 Å². The highest BCUT2D eigenvalue weighted by molar-refractivity contribution is 5.88. The summed E-state index contributed by atoms with van der Waals surface area (Å²) in [5, 5.41) is 8.97. The van der Waals surface area contributed by atoms with Crippen LogP contribution in [0.15, 0.2) is 10.5 Å². The van der Waals surface area contributed by atoms with E-state index in [9.17, 15) is 4.79 Å². The Bertz CT molecular complexity index is 440. The highest BCUT2D eigenvalue weighted by atomic mass is 16.5. The van der Waals surface area contributed by atoms with Crippen LogP contribution in [-0.4, -0.2) is 41.8 Å². The molecule has 0 amide bonds. The molecule has 2 rings (SSSR count). The van der Waals surface area contributed by atoms with Gasteiger partial charge in [0.1, 0.15) is 17.1 Å². The summed E-state index contributed by atoms with van der Waals surface area (Å²) in [6.45, 7) is 5.12. The molecule has 0 bridgehead atoms. The number of aromatic carboxylic acids is 1. The molecule has 1 saturated heterocycles. The van der Waals surface area contributed by atoms with Crippen LogP contribution in [0.3, 0.4) is 0 Å². The minimum Gasteiger partial charge on any atom is -0.478 e. The monoisotopic (exact) mass is 253 g/mol. The molecule has 0 radical (unpaired) electrons. The van der Waals surface area contributed by atoms with Crippen LogP contribution < -0.4 is 0 Å². The first kappa shape index (κ1) is 13.1. The number of hydrogen-bond donors (Lipinski definition) is 1. The molecule has 0 aromatic carbocycles. The van der Waals surface area contributed by atoms with Crippen molar-refractivity contribution in [2.75, 3.05) is 13.7 Å². The summed E-state index contributed by atoms with van der Waals surface area (Å²) in [5.41, 5.74) is 0.245. The van der Waals surface area contributed by atoms with Gasteiger partial charge in [-0.15, -0.1) is 0 Å². The summed E-state index contributed by atoms with van der Waals surface area (Å²) >= 11 is 0. The lowest BCUT2D eigenvalue weighted by atomic mass is 10.1. The van der Waals surface area contributed by atoms with Gasteiger partial charge in [0.05, 0.1) is 12.6 Å². The molecule has 100 valence electrons. The molecular weight excluding hydrogens is 234 g/mol. The molecule has 0 aliphatic carbocycles. The quantitative estimate of drug-likeness (QED) is 0.887. The molecule has 1 aromatic heterocycles. The molecule has 2 atom stereocenters. The van der Waals surface area contributed by atoms with E-state index in [1.807, 2.05) is 7.05 Å². The lowest BCUT2D eigenvalue weighted by Gasteiger charge is -2.25. The van der Waals surface area contributed by atoms with E-state index in [4.69, 9.17) is 14.3 Å². The Labute approximate surface area is 106 Å². The van der Waals surface area contributed by atoms with E-state index in [0.29, 0.717) is 24.1 Å². The molecule has 0 saturated carbocycles. The maximum Gasteiger partial charge on any atom is 0.339 e. The number of carboxylic acid groups (broad SMARTS) is 1. The number of hydrogen-bond acceptors (Lipinski definition) is 4. The molecule has 1 aliphatic heterocycles. The third kappa shape index (κ3) is 2.57. The number of ether oxygens (including phenoxy) is 1. The molecule has 18 heavy (non-hydrogen) atoms. The van der Waals surface area contributed by atoms with Gasteiger partial charge in [0.15, 0.2) is 0 Å². The fourth-order valence-electron chi connectivity index (χ4n) is 2.50. The molecule has 2 unspecified atom stereocenters. The van der Waals surface area contributed by atoms with E-state index in [-0.39, 0.29) is 11.7 Å². The van der Waals surface area contributed by atoms with Gasteiger partial charge in [-0.1, -0.05) is 0 Å². The van der Waals surface area contributed by atoms with Crippen LogP contribution in [0.4, 0.5) is 0 Å². The second kappa shape index (κ2) is 5.12. The van der Waals surface area contributed by atoms with Crippen molar-refractivity contribution in [1.82, 2.24) is 4.90 Å². The van der Waals surface area contributed by atoms with Crippen molar-refractivity contribution in [3.8, 4) is 0 Å². The van der Waals surface area contributed by atoms with E-state index in [1.54, 1.807) is 13.0 Å². The SMILES string of the molecule is Cc1oc(CN(C)C2CCOC2C)cc1C(=O)O. The number of furan rings is 1. The molecule has 1 aromatic rings. The van der Waals surface area contributed by atoms with Crippen LogP contribution in [0, 0.1) is 6.92 Å². The maximum atomic E-state index is 10.9. The highest BCUT2D eigenvalue weighted by Crippen LogP contribution is 2.22.